The van der Waals surface area contributed by atoms with Crippen LogP contribution in [0.2, 0.25) is 0 Å². The van der Waals surface area contributed by atoms with Crippen molar-refractivity contribution in [1.82, 2.24) is 0 Å². The van der Waals surface area contributed by atoms with E-state index in [0.29, 0.717) is 11.5 Å². The van der Waals surface area contributed by atoms with Gasteiger partial charge in [0.25, 0.3) is 0 Å². The SMILES string of the molecule is C=CCC(N)CC12CC3CC(CC(C3)C1)C2. The summed E-state index contributed by atoms with van der Waals surface area (Å²) in [6.45, 7) is 3.81. The Labute approximate surface area is 99.5 Å². The molecule has 4 rings (SSSR count). The summed E-state index contributed by atoms with van der Waals surface area (Å²) >= 11 is 0. The maximum absolute atomic E-state index is 6.23. The first-order valence-electron chi connectivity index (χ1n) is 7.05. The fraction of sp³-hybridized carbons (Fsp3) is 0.867. The van der Waals surface area contributed by atoms with Crippen LogP contribution in [0.25, 0.3) is 0 Å². The minimum atomic E-state index is 0.369. The van der Waals surface area contributed by atoms with Crippen molar-refractivity contribution in [3.8, 4) is 0 Å². The molecule has 4 aliphatic carbocycles. The van der Waals surface area contributed by atoms with E-state index in [1.165, 1.54) is 44.9 Å². The monoisotopic (exact) mass is 219 g/mol. The second-order valence-electron chi connectivity index (χ2n) is 6.91. The molecular formula is C15H25N. The molecular weight excluding hydrogens is 194 g/mol. The van der Waals surface area contributed by atoms with Crippen molar-refractivity contribution in [2.75, 3.05) is 0 Å². The Morgan fingerprint density at radius 3 is 2.06 bits per heavy atom. The van der Waals surface area contributed by atoms with E-state index in [2.05, 4.69) is 6.58 Å². The van der Waals surface area contributed by atoms with Gasteiger partial charge in [-0.25, -0.2) is 0 Å². The standard InChI is InChI=1S/C15H25N/c1-2-3-14(16)10-15-7-11-4-12(8-15)6-13(5-11)9-15/h2,11-14H,1,3-10,16H2. The third-order valence-electron chi connectivity index (χ3n) is 5.33. The maximum atomic E-state index is 6.23. The first-order valence-corrected chi connectivity index (χ1v) is 7.05. The normalized spacial score (nSPS) is 46.9. The molecule has 1 unspecified atom stereocenters. The second-order valence-corrected chi connectivity index (χ2v) is 6.91. The van der Waals surface area contributed by atoms with Gasteiger partial charge >= 0.3 is 0 Å². The van der Waals surface area contributed by atoms with Crippen molar-refractivity contribution >= 4 is 0 Å². The van der Waals surface area contributed by atoms with Crippen LogP contribution in [0.4, 0.5) is 0 Å². The number of hydrogen-bond acceptors (Lipinski definition) is 1. The molecule has 0 aromatic rings. The van der Waals surface area contributed by atoms with Gasteiger partial charge in [0.05, 0.1) is 0 Å². The molecule has 4 fully saturated rings. The van der Waals surface area contributed by atoms with E-state index in [-0.39, 0.29) is 0 Å². The Balaban J connectivity index is 1.71. The van der Waals surface area contributed by atoms with Crippen LogP contribution in [0.3, 0.4) is 0 Å². The summed E-state index contributed by atoms with van der Waals surface area (Å²) in [5.74, 6) is 3.17. The van der Waals surface area contributed by atoms with Crippen molar-refractivity contribution < 1.29 is 0 Å². The summed E-state index contributed by atoms with van der Waals surface area (Å²) in [6, 6.07) is 0.369. The van der Waals surface area contributed by atoms with Crippen LogP contribution in [-0.2, 0) is 0 Å². The summed E-state index contributed by atoms with van der Waals surface area (Å²) < 4.78 is 0. The Bertz CT molecular complexity index is 246. The summed E-state index contributed by atoms with van der Waals surface area (Å²) in [7, 11) is 0. The van der Waals surface area contributed by atoms with Crippen LogP contribution in [0.1, 0.15) is 51.4 Å². The molecule has 0 aromatic heterocycles. The molecule has 0 saturated heterocycles. The number of nitrogens with two attached hydrogens (primary N) is 1. The lowest BCUT2D eigenvalue weighted by Gasteiger charge is -2.57. The molecule has 1 heteroatoms. The smallest absolute Gasteiger partial charge is 0.00786 e. The Morgan fingerprint density at radius 1 is 1.12 bits per heavy atom. The van der Waals surface area contributed by atoms with Gasteiger partial charge in [0, 0.05) is 6.04 Å². The highest BCUT2D eigenvalue weighted by Crippen LogP contribution is 2.61. The zero-order valence-corrected chi connectivity index (χ0v) is 10.3. The van der Waals surface area contributed by atoms with Gasteiger partial charge < -0.3 is 5.73 Å². The van der Waals surface area contributed by atoms with Gasteiger partial charge in [0.2, 0.25) is 0 Å². The van der Waals surface area contributed by atoms with E-state index in [4.69, 9.17) is 5.73 Å². The molecule has 0 spiro atoms. The van der Waals surface area contributed by atoms with Gasteiger partial charge in [-0.3, -0.25) is 0 Å². The van der Waals surface area contributed by atoms with Crippen LogP contribution in [-0.4, -0.2) is 6.04 Å². The summed E-state index contributed by atoms with van der Waals surface area (Å²) in [6.07, 6.45) is 13.3. The molecule has 0 radical (unpaired) electrons. The average Bonchev–Trinajstić information content (AvgIpc) is 2.13. The molecule has 0 heterocycles. The van der Waals surface area contributed by atoms with Crippen LogP contribution in [0.5, 0.6) is 0 Å². The zero-order chi connectivity index (χ0) is 11.2. The van der Waals surface area contributed by atoms with Crippen molar-refractivity contribution in [2.45, 2.75) is 57.4 Å². The quantitative estimate of drug-likeness (QED) is 0.720. The van der Waals surface area contributed by atoms with Gasteiger partial charge in [0.1, 0.15) is 0 Å². The highest BCUT2D eigenvalue weighted by Gasteiger charge is 2.50. The third-order valence-corrected chi connectivity index (χ3v) is 5.33. The zero-order valence-electron chi connectivity index (χ0n) is 10.3. The molecule has 1 atom stereocenters. The van der Waals surface area contributed by atoms with Crippen LogP contribution < -0.4 is 5.73 Å². The molecule has 1 nitrogen and oxygen atoms in total. The molecule has 4 saturated carbocycles. The molecule has 4 aliphatic rings. The van der Waals surface area contributed by atoms with E-state index in [1.54, 1.807) is 0 Å². The Hall–Kier alpha value is -0.300. The molecule has 4 bridgehead atoms. The molecule has 0 amide bonds. The minimum absolute atomic E-state index is 0.369. The van der Waals surface area contributed by atoms with Gasteiger partial charge in [-0.1, -0.05) is 6.08 Å². The second kappa shape index (κ2) is 3.87. The van der Waals surface area contributed by atoms with Crippen molar-refractivity contribution in [3.05, 3.63) is 12.7 Å². The Morgan fingerprint density at radius 2 is 1.62 bits per heavy atom. The molecule has 0 aliphatic heterocycles. The highest BCUT2D eigenvalue weighted by atomic mass is 14.7. The number of hydrogen-bond donors (Lipinski definition) is 1. The Kier molecular flexibility index (Phi) is 2.62. The van der Waals surface area contributed by atoms with Crippen LogP contribution in [0.15, 0.2) is 12.7 Å². The fourth-order valence-corrected chi connectivity index (χ4v) is 5.39. The van der Waals surface area contributed by atoms with Gasteiger partial charge in [-0.05, 0) is 74.5 Å². The van der Waals surface area contributed by atoms with Gasteiger partial charge in [-0.2, -0.15) is 0 Å². The van der Waals surface area contributed by atoms with Crippen molar-refractivity contribution in [2.24, 2.45) is 28.9 Å². The predicted octanol–water partition coefficient (Wildman–Crippen LogP) is 3.50. The largest absolute Gasteiger partial charge is 0.327 e. The molecule has 16 heavy (non-hydrogen) atoms. The van der Waals surface area contributed by atoms with Gasteiger partial charge in [0.15, 0.2) is 0 Å². The maximum Gasteiger partial charge on any atom is 0.00786 e. The highest BCUT2D eigenvalue weighted by molar-refractivity contribution is 5.02. The number of rotatable bonds is 4. The molecule has 90 valence electrons. The van der Waals surface area contributed by atoms with Crippen LogP contribution in [0, 0.1) is 23.2 Å². The van der Waals surface area contributed by atoms with Crippen LogP contribution >= 0.6 is 0 Å². The van der Waals surface area contributed by atoms with E-state index in [9.17, 15) is 0 Å². The van der Waals surface area contributed by atoms with E-state index >= 15 is 0 Å². The predicted molar refractivity (Wildman–Crippen MR) is 68.0 cm³/mol. The topological polar surface area (TPSA) is 26.0 Å². The van der Waals surface area contributed by atoms with Gasteiger partial charge in [-0.15, -0.1) is 6.58 Å². The molecule has 2 N–H and O–H groups in total. The summed E-state index contributed by atoms with van der Waals surface area (Å²) in [5, 5.41) is 0. The first-order chi connectivity index (χ1) is 7.69. The lowest BCUT2D eigenvalue weighted by atomic mass is 9.48. The summed E-state index contributed by atoms with van der Waals surface area (Å²) in [4.78, 5) is 0. The average molecular weight is 219 g/mol. The van der Waals surface area contributed by atoms with Crippen molar-refractivity contribution in [1.29, 1.82) is 0 Å². The first kappa shape index (κ1) is 10.8. The fourth-order valence-electron chi connectivity index (χ4n) is 5.39. The van der Waals surface area contributed by atoms with E-state index in [1.807, 2.05) is 6.08 Å². The lowest BCUT2D eigenvalue weighted by molar-refractivity contribution is -0.0601. The third kappa shape index (κ3) is 1.84. The van der Waals surface area contributed by atoms with E-state index < -0.39 is 0 Å². The lowest BCUT2D eigenvalue weighted by Crippen LogP contribution is -2.48. The van der Waals surface area contributed by atoms with Crippen molar-refractivity contribution in [3.63, 3.8) is 0 Å². The minimum Gasteiger partial charge on any atom is -0.327 e. The van der Waals surface area contributed by atoms with E-state index in [0.717, 1.165) is 24.2 Å². The molecule has 0 aromatic carbocycles. The summed E-state index contributed by atoms with van der Waals surface area (Å²) in [5.41, 5.74) is 6.88.